The lowest BCUT2D eigenvalue weighted by atomic mass is 10.3. The predicted octanol–water partition coefficient (Wildman–Crippen LogP) is 4.76. The van der Waals surface area contributed by atoms with Gasteiger partial charge in [-0.15, -0.1) is 11.3 Å². The molecule has 0 spiro atoms. The van der Waals surface area contributed by atoms with Crippen LogP contribution in [0.2, 0.25) is 0 Å². The molecule has 0 aliphatic carbocycles. The second-order valence-electron chi connectivity index (χ2n) is 5.76. The molecule has 0 saturated carbocycles. The van der Waals surface area contributed by atoms with E-state index in [0.717, 1.165) is 20.3 Å². The highest BCUT2D eigenvalue weighted by Gasteiger charge is 2.18. The Balaban J connectivity index is 1.88. The summed E-state index contributed by atoms with van der Waals surface area (Å²) in [5.41, 5.74) is 3.96. The highest BCUT2D eigenvalue weighted by molar-refractivity contribution is 9.10. The first kappa shape index (κ1) is 16.9. The van der Waals surface area contributed by atoms with Gasteiger partial charge in [0, 0.05) is 30.9 Å². The van der Waals surface area contributed by atoms with Crippen molar-refractivity contribution in [2.45, 2.75) is 26.9 Å². The summed E-state index contributed by atoms with van der Waals surface area (Å²) in [6, 6.07) is 5.78. The number of nitrogens with zero attached hydrogens (tertiary/aromatic N) is 2. The van der Waals surface area contributed by atoms with Gasteiger partial charge >= 0.3 is 0 Å². The van der Waals surface area contributed by atoms with Crippen molar-refractivity contribution < 1.29 is 4.79 Å². The number of hydrogen-bond acceptors (Lipinski definition) is 3. The van der Waals surface area contributed by atoms with Crippen LogP contribution in [0, 0.1) is 0 Å². The van der Waals surface area contributed by atoms with Gasteiger partial charge in [0.15, 0.2) is 0 Å². The first-order chi connectivity index (χ1) is 11.6. The second-order valence-corrected chi connectivity index (χ2v) is 7.53. The molecular weight excluding hydrogens is 386 g/mol. The minimum atomic E-state index is -0.0729. The van der Waals surface area contributed by atoms with Crippen molar-refractivity contribution in [3.63, 3.8) is 0 Å². The molecule has 4 nitrogen and oxygen atoms in total. The Morgan fingerprint density at radius 2 is 2.29 bits per heavy atom. The molecule has 124 valence electrons. The lowest BCUT2D eigenvalue weighted by Crippen LogP contribution is -2.25. The van der Waals surface area contributed by atoms with E-state index in [-0.39, 0.29) is 5.91 Å². The van der Waals surface area contributed by atoms with Gasteiger partial charge in [0.1, 0.15) is 5.69 Å². The van der Waals surface area contributed by atoms with E-state index in [9.17, 15) is 4.79 Å². The summed E-state index contributed by atoms with van der Waals surface area (Å²) in [6.07, 6.45) is 5.61. The maximum atomic E-state index is 12.7. The number of aromatic nitrogens is 2. The summed E-state index contributed by atoms with van der Waals surface area (Å²) in [6.45, 7) is 5.27. The minimum Gasteiger partial charge on any atom is -0.347 e. The molecule has 0 aliphatic heterocycles. The molecule has 0 aromatic carbocycles. The smallest absolute Gasteiger partial charge is 0.268 e. The van der Waals surface area contributed by atoms with E-state index in [2.05, 4.69) is 56.1 Å². The number of pyridine rings is 1. The summed E-state index contributed by atoms with van der Waals surface area (Å²) in [5.74, 6) is -0.0729. The molecule has 1 N–H and O–H groups in total. The normalized spacial score (nSPS) is 10.8. The van der Waals surface area contributed by atoms with Crippen LogP contribution in [-0.4, -0.2) is 15.5 Å². The zero-order valence-corrected chi connectivity index (χ0v) is 15.9. The van der Waals surface area contributed by atoms with E-state index >= 15 is 0 Å². The van der Waals surface area contributed by atoms with E-state index in [1.807, 2.05) is 18.2 Å². The van der Waals surface area contributed by atoms with Crippen molar-refractivity contribution in [1.29, 1.82) is 0 Å². The summed E-state index contributed by atoms with van der Waals surface area (Å²) in [7, 11) is 0. The molecule has 3 heterocycles. The van der Waals surface area contributed by atoms with Crippen molar-refractivity contribution >= 4 is 43.4 Å². The summed E-state index contributed by atoms with van der Waals surface area (Å²) >= 11 is 5.23. The average Bonchev–Trinajstić information content (AvgIpc) is 3.12. The number of halogens is 1. The number of rotatable bonds is 5. The summed E-state index contributed by atoms with van der Waals surface area (Å²) in [4.78, 5) is 16.7. The number of carbonyl (C=O) groups is 1. The van der Waals surface area contributed by atoms with Crippen LogP contribution in [0.4, 0.5) is 0 Å². The minimum absolute atomic E-state index is 0.0729. The Labute approximate surface area is 153 Å². The zero-order chi connectivity index (χ0) is 17.1. The number of amides is 1. The number of nitrogens with one attached hydrogen (secondary N) is 1. The molecule has 0 saturated heterocycles. The van der Waals surface area contributed by atoms with E-state index in [1.54, 1.807) is 23.7 Å². The number of hydrogen-bond donors (Lipinski definition) is 1. The van der Waals surface area contributed by atoms with E-state index in [0.29, 0.717) is 18.8 Å². The molecule has 0 radical (unpaired) electrons. The number of carbonyl (C=O) groups excluding carboxylic acids is 1. The maximum absolute atomic E-state index is 12.7. The van der Waals surface area contributed by atoms with Crippen LogP contribution in [0.3, 0.4) is 0 Å². The van der Waals surface area contributed by atoms with Crippen molar-refractivity contribution in [1.82, 2.24) is 14.9 Å². The van der Waals surface area contributed by atoms with Gasteiger partial charge in [-0.1, -0.05) is 17.7 Å². The predicted molar refractivity (Wildman–Crippen MR) is 102 cm³/mol. The summed E-state index contributed by atoms with van der Waals surface area (Å²) < 4.78 is 4.19. The standard InChI is InChI=1S/C18H18BrN3OS/c1-12(2)5-7-22-15(8-16-17(22)14(19)11-24-16)18(23)21-10-13-4-3-6-20-9-13/h3-6,8-9,11H,7,10H2,1-2H3,(H,21,23). The number of thiophene rings is 1. The van der Waals surface area contributed by atoms with Gasteiger partial charge in [-0.3, -0.25) is 9.78 Å². The van der Waals surface area contributed by atoms with E-state index in [4.69, 9.17) is 0 Å². The fourth-order valence-corrected chi connectivity index (χ4v) is 4.15. The largest absolute Gasteiger partial charge is 0.347 e. The maximum Gasteiger partial charge on any atom is 0.268 e. The monoisotopic (exact) mass is 403 g/mol. The van der Waals surface area contributed by atoms with Crippen LogP contribution in [0.1, 0.15) is 29.9 Å². The highest BCUT2D eigenvalue weighted by atomic mass is 79.9. The molecule has 0 unspecified atom stereocenters. The van der Waals surface area contributed by atoms with Crippen molar-refractivity contribution in [2.75, 3.05) is 0 Å². The third-order valence-electron chi connectivity index (χ3n) is 3.67. The molecule has 24 heavy (non-hydrogen) atoms. The number of fused-ring (bicyclic) bond motifs is 1. The van der Waals surface area contributed by atoms with Gasteiger partial charge in [-0.25, -0.2) is 0 Å². The Morgan fingerprint density at radius 1 is 1.46 bits per heavy atom. The molecule has 0 aliphatic rings. The van der Waals surface area contributed by atoms with Gasteiger partial charge in [0.05, 0.1) is 14.7 Å². The summed E-state index contributed by atoms with van der Waals surface area (Å²) in [5, 5.41) is 5.04. The molecule has 0 bridgehead atoms. The molecule has 0 fully saturated rings. The Morgan fingerprint density at radius 3 is 3.00 bits per heavy atom. The van der Waals surface area contributed by atoms with Crippen LogP contribution < -0.4 is 5.32 Å². The van der Waals surface area contributed by atoms with E-state index in [1.165, 1.54) is 5.57 Å². The first-order valence-corrected chi connectivity index (χ1v) is 9.30. The molecule has 0 atom stereocenters. The molecule has 1 amide bonds. The van der Waals surface area contributed by atoms with Crippen molar-refractivity contribution in [3.8, 4) is 0 Å². The Kier molecular flexibility index (Phi) is 5.16. The second kappa shape index (κ2) is 7.32. The lowest BCUT2D eigenvalue weighted by Gasteiger charge is -2.10. The fourth-order valence-electron chi connectivity index (χ4n) is 2.46. The quantitative estimate of drug-likeness (QED) is 0.624. The molecule has 3 rings (SSSR count). The van der Waals surface area contributed by atoms with Gasteiger partial charge in [0.2, 0.25) is 0 Å². The first-order valence-electron chi connectivity index (χ1n) is 7.63. The van der Waals surface area contributed by atoms with E-state index < -0.39 is 0 Å². The molecule has 6 heteroatoms. The third kappa shape index (κ3) is 3.60. The average molecular weight is 404 g/mol. The van der Waals surface area contributed by atoms with Gasteiger partial charge in [-0.2, -0.15) is 0 Å². The fraction of sp³-hybridized carbons (Fsp3) is 0.222. The zero-order valence-electron chi connectivity index (χ0n) is 13.5. The molecule has 3 aromatic heterocycles. The Bertz CT molecular complexity index is 892. The van der Waals surface area contributed by atoms with Crippen LogP contribution >= 0.6 is 27.3 Å². The van der Waals surface area contributed by atoms with Crippen LogP contribution in [0.5, 0.6) is 0 Å². The van der Waals surface area contributed by atoms with Gasteiger partial charge in [-0.05, 0) is 47.5 Å². The lowest BCUT2D eigenvalue weighted by molar-refractivity contribution is 0.0942. The van der Waals surface area contributed by atoms with Crippen LogP contribution in [0.15, 0.2) is 52.1 Å². The molecule has 3 aromatic rings. The SMILES string of the molecule is CC(C)=CCn1c(C(=O)NCc2cccnc2)cc2scc(Br)c21. The van der Waals surface area contributed by atoms with Gasteiger partial charge < -0.3 is 9.88 Å². The Hall–Kier alpha value is -1.92. The van der Waals surface area contributed by atoms with Crippen molar-refractivity contribution in [2.24, 2.45) is 0 Å². The molecular formula is C18H18BrN3OS. The van der Waals surface area contributed by atoms with Crippen LogP contribution in [0.25, 0.3) is 10.2 Å². The topological polar surface area (TPSA) is 46.9 Å². The van der Waals surface area contributed by atoms with Crippen molar-refractivity contribution in [3.05, 3.63) is 63.4 Å². The third-order valence-corrected chi connectivity index (χ3v) is 5.49. The van der Waals surface area contributed by atoms with Crippen LogP contribution in [-0.2, 0) is 13.1 Å². The highest BCUT2D eigenvalue weighted by Crippen LogP contribution is 2.33. The number of allylic oxidation sites excluding steroid dienone is 2. The van der Waals surface area contributed by atoms with Gasteiger partial charge in [0.25, 0.3) is 5.91 Å².